The highest BCUT2D eigenvalue weighted by molar-refractivity contribution is 9.10. The predicted molar refractivity (Wildman–Crippen MR) is 118 cm³/mol. The number of anilines is 1. The Kier molecular flexibility index (Phi) is 9.51. The number of carbonyl (C=O) groups excluding carboxylic acids is 2. The van der Waals surface area contributed by atoms with Crippen molar-refractivity contribution in [2.24, 2.45) is 11.8 Å². The van der Waals surface area contributed by atoms with Gasteiger partial charge in [-0.1, -0.05) is 84.5 Å². The Morgan fingerprint density at radius 2 is 1.26 bits per heavy atom. The molecule has 2 amide bonds. The van der Waals surface area contributed by atoms with E-state index in [2.05, 4.69) is 35.0 Å². The van der Waals surface area contributed by atoms with E-state index in [9.17, 15) is 9.59 Å². The zero-order chi connectivity index (χ0) is 20.7. The van der Waals surface area contributed by atoms with E-state index in [1.807, 2.05) is 26.0 Å². The van der Waals surface area contributed by atoms with Gasteiger partial charge < -0.3 is 0 Å². The van der Waals surface area contributed by atoms with E-state index in [1.54, 1.807) is 32.0 Å². The summed E-state index contributed by atoms with van der Waals surface area (Å²) in [6.45, 7) is 9.57. The normalized spacial score (nSPS) is 18.4. The average Bonchev–Trinajstić information content (AvgIpc) is 2.82. The van der Waals surface area contributed by atoms with Crippen molar-refractivity contribution >= 4 is 56.6 Å². The van der Waals surface area contributed by atoms with Gasteiger partial charge in [0.25, 0.3) is 0 Å². The van der Waals surface area contributed by atoms with E-state index in [1.165, 1.54) is 5.56 Å². The number of amides is 2. The van der Waals surface area contributed by atoms with Crippen LogP contribution in [0.3, 0.4) is 0 Å². The lowest BCUT2D eigenvalue weighted by molar-refractivity contribution is -0.122. The SMILES string of the molecule is CC.CC1C(=O)N(c2cc(Cl)cc(Cl)c2)C(=O)[C@H]1C.Cc1ccc(Br)cc1. The molecule has 3 nitrogen and oxygen atoms in total. The molecule has 0 radical (unpaired) electrons. The Morgan fingerprint density at radius 1 is 0.852 bits per heavy atom. The van der Waals surface area contributed by atoms with Gasteiger partial charge in [-0.15, -0.1) is 0 Å². The number of rotatable bonds is 1. The maximum absolute atomic E-state index is 12.0. The van der Waals surface area contributed by atoms with Gasteiger partial charge >= 0.3 is 0 Å². The maximum Gasteiger partial charge on any atom is 0.237 e. The highest BCUT2D eigenvalue weighted by Crippen LogP contribution is 2.33. The summed E-state index contributed by atoms with van der Waals surface area (Å²) < 4.78 is 1.14. The molecule has 0 saturated carbocycles. The minimum atomic E-state index is -0.305. The number of benzene rings is 2. The van der Waals surface area contributed by atoms with Crippen molar-refractivity contribution in [3.05, 3.63) is 62.5 Å². The number of hydrogen-bond acceptors (Lipinski definition) is 2. The highest BCUT2D eigenvalue weighted by Gasteiger charge is 2.43. The average molecular weight is 473 g/mol. The molecule has 0 spiro atoms. The van der Waals surface area contributed by atoms with Crippen LogP contribution in [0.4, 0.5) is 5.69 Å². The van der Waals surface area contributed by atoms with Gasteiger partial charge in [-0.2, -0.15) is 0 Å². The second-order valence-electron chi connectivity index (χ2n) is 6.01. The first kappa shape index (κ1) is 23.7. The predicted octanol–water partition coefficient (Wildman–Crippen LogP) is 6.92. The van der Waals surface area contributed by atoms with E-state index in [0.29, 0.717) is 15.7 Å². The Morgan fingerprint density at radius 3 is 1.63 bits per heavy atom. The maximum atomic E-state index is 12.0. The fraction of sp³-hybridized carbons (Fsp3) is 0.333. The van der Waals surface area contributed by atoms with Crippen molar-refractivity contribution < 1.29 is 9.59 Å². The first-order valence-corrected chi connectivity index (χ1v) is 10.3. The summed E-state index contributed by atoms with van der Waals surface area (Å²) in [5, 5.41) is 0.806. The first-order chi connectivity index (χ1) is 12.7. The van der Waals surface area contributed by atoms with Gasteiger partial charge in [0.15, 0.2) is 0 Å². The van der Waals surface area contributed by atoms with Gasteiger partial charge in [0.1, 0.15) is 0 Å². The van der Waals surface area contributed by atoms with Crippen molar-refractivity contribution in [2.45, 2.75) is 34.6 Å². The molecule has 2 aromatic carbocycles. The molecule has 3 rings (SSSR count). The molecular weight excluding hydrogens is 449 g/mol. The largest absolute Gasteiger partial charge is 0.274 e. The molecule has 2 aromatic rings. The molecule has 27 heavy (non-hydrogen) atoms. The minimum Gasteiger partial charge on any atom is -0.274 e. The summed E-state index contributed by atoms with van der Waals surface area (Å²) in [5.41, 5.74) is 1.74. The molecule has 1 aliphatic heterocycles. The zero-order valence-electron chi connectivity index (χ0n) is 16.1. The minimum absolute atomic E-state index is 0.208. The van der Waals surface area contributed by atoms with Crippen LogP contribution in [-0.4, -0.2) is 11.8 Å². The van der Waals surface area contributed by atoms with Crippen LogP contribution in [0.1, 0.15) is 33.3 Å². The number of imide groups is 1. The standard InChI is InChI=1S/C12H11Cl2NO2.C7H7Br.C2H6/c1-6-7(2)12(17)15(11(6)16)10-4-8(13)3-9(14)5-10;1-6-2-4-7(8)5-3-6;1-2/h3-7H,1-2H3;2-5H,1H3;1-2H3/t6-,7?;;/m0../s1. The molecule has 0 bridgehead atoms. The highest BCUT2D eigenvalue weighted by atomic mass is 79.9. The van der Waals surface area contributed by atoms with Gasteiger partial charge in [-0.3, -0.25) is 9.59 Å². The van der Waals surface area contributed by atoms with Crippen molar-refractivity contribution in [3.8, 4) is 0 Å². The van der Waals surface area contributed by atoms with Crippen molar-refractivity contribution in [3.63, 3.8) is 0 Å². The van der Waals surface area contributed by atoms with Crippen molar-refractivity contribution in [1.82, 2.24) is 0 Å². The molecule has 6 heteroatoms. The second kappa shape index (κ2) is 10.8. The smallest absolute Gasteiger partial charge is 0.237 e. The lowest BCUT2D eigenvalue weighted by Crippen LogP contribution is -2.30. The number of nitrogens with zero attached hydrogens (tertiary/aromatic N) is 1. The molecule has 1 fully saturated rings. The van der Waals surface area contributed by atoms with Crippen LogP contribution in [0.25, 0.3) is 0 Å². The fourth-order valence-electron chi connectivity index (χ4n) is 2.40. The lowest BCUT2D eigenvalue weighted by Gasteiger charge is -2.15. The Bertz CT molecular complexity index is 732. The first-order valence-electron chi connectivity index (χ1n) is 8.76. The third-order valence-electron chi connectivity index (χ3n) is 4.09. The summed E-state index contributed by atoms with van der Waals surface area (Å²) >= 11 is 15.1. The summed E-state index contributed by atoms with van der Waals surface area (Å²) in [4.78, 5) is 25.1. The van der Waals surface area contributed by atoms with E-state index in [0.717, 1.165) is 9.37 Å². The summed E-state index contributed by atoms with van der Waals surface area (Å²) in [6, 6.07) is 12.9. The van der Waals surface area contributed by atoms with Gasteiger partial charge in [0.05, 0.1) is 5.69 Å². The van der Waals surface area contributed by atoms with E-state index >= 15 is 0 Å². The number of hydrogen-bond donors (Lipinski definition) is 0. The summed E-state index contributed by atoms with van der Waals surface area (Å²) in [7, 11) is 0. The van der Waals surface area contributed by atoms with Crippen LogP contribution in [-0.2, 0) is 9.59 Å². The Hall–Kier alpha value is -1.36. The van der Waals surface area contributed by atoms with Gasteiger partial charge in [-0.25, -0.2) is 4.90 Å². The molecule has 1 aliphatic rings. The van der Waals surface area contributed by atoms with Crippen LogP contribution in [0, 0.1) is 18.8 Å². The zero-order valence-corrected chi connectivity index (χ0v) is 19.2. The molecular formula is C21H24BrCl2NO2. The molecule has 146 valence electrons. The van der Waals surface area contributed by atoms with Crippen molar-refractivity contribution in [1.29, 1.82) is 0 Å². The van der Waals surface area contributed by atoms with Crippen LogP contribution in [0.2, 0.25) is 10.0 Å². The molecule has 0 N–H and O–H groups in total. The van der Waals surface area contributed by atoms with Gasteiger partial charge in [-0.05, 0) is 37.3 Å². The molecule has 1 heterocycles. The van der Waals surface area contributed by atoms with E-state index in [-0.39, 0.29) is 23.7 Å². The van der Waals surface area contributed by atoms with E-state index < -0.39 is 0 Å². The number of aryl methyl sites for hydroxylation is 1. The number of carbonyl (C=O) groups is 2. The van der Waals surface area contributed by atoms with Crippen LogP contribution < -0.4 is 4.90 Å². The third-order valence-corrected chi connectivity index (χ3v) is 5.05. The third kappa shape index (κ3) is 6.34. The topological polar surface area (TPSA) is 37.4 Å². The molecule has 0 aromatic heterocycles. The van der Waals surface area contributed by atoms with E-state index in [4.69, 9.17) is 23.2 Å². The molecule has 0 aliphatic carbocycles. The van der Waals surface area contributed by atoms with Crippen LogP contribution in [0.15, 0.2) is 46.9 Å². The van der Waals surface area contributed by atoms with Crippen LogP contribution >= 0.6 is 39.1 Å². The quantitative estimate of drug-likeness (QED) is 0.422. The second-order valence-corrected chi connectivity index (χ2v) is 7.80. The Labute approximate surface area is 179 Å². The van der Waals surface area contributed by atoms with Gasteiger partial charge in [0, 0.05) is 26.4 Å². The van der Waals surface area contributed by atoms with Gasteiger partial charge in [0.2, 0.25) is 11.8 Å². The molecule has 1 saturated heterocycles. The van der Waals surface area contributed by atoms with Crippen molar-refractivity contribution in [2.75, 3.05) is 4.90 Å². The van der Waals surface area contributed by atoms with Crippen LogP contribution in [0.5, 0.6) is 0 Å². The lowest BCUT2D eigenvalue weighted by atomic mass is 10.00. The monoisotopic (exact) mass is 471 g/mol. The summed E-state index contributed by atoms with van der Waals surface area (Å²) in [5.74, 6) is -1.03. The molecule has 2 atom stereocenters. The number of halogens is 3. The fourth-order valence-corrected chi connectivity index (χ4v) is 3.18. The summed E-state index contributed by atoms with van der Waals surface area (Å²) in [6.07, 6.45) is 0. The molecule has 1 unspecified atom stereocenters. The Balaban J connectivity index is 0.000000305.